The van der Waals surface area contributed by atoms with Crippen molar-refractivity contribution in [2.24, 2.45) is 0 Å². The lowest BCUT2D eigenvalue weighted by molar-refractivity contribution is 0.171. The molecule has 21 heavy (non-hydrogen) atoms. The number of hydrogen-bond donors (Lipinski definition) is 2. The molecule has 5 nitrogen and oxygen atoms in total. The van der Waals surface area contributed by atoms with Gasteiger partial charge in [-0.2, -0.15) is 0 Å². The number of thiocarbonyl (C=S) groups is 1. The molecule has 0 unspecified atom stereocenters. The molecule has 0 saturated carbocycles. The summed E-state index contributed by atoms with van der Waals surface area (Å²) in [4.78, 5) is 4.16. The summed E-state index contributed by atoms with van der Waals surface area (Å²) in [5.41, 5.74) is 1.07. The van der Waals surface area contributed by atoms with E-state index in [0.717, 1.165) is 22.9 Å². The van der Waals surface area contributed by atoms with Gasteiger partial charge in [0.05, 0.1) is 0 Å². The monoisotopic (exact) mass is 301 g/mol. The van der Waals surface area contributed by atoms with E-state index in [2.05, 4.69) is 15.6 Å². The fourth-order valence-corrected chi connectivity index (χ4v) is 2.15. The van der Waals surface area contributed by atoms with Crippen LogP contribution >= 0.6 is 12.2 Å². The normalized spacial score (nSPS) is 12.6. The summed E-state index contributed by atoms with van der Waals surface area (Å²) in [5.74, 6) is 2.29. The van der Waals surface area contributed by atoms with Crippen LogP contribution in [0, 0.1) is 0 Å². The highest BCUT2D eigenvalue weighted by Crippen LogP contribution is 2.30. The second-order valence-corrected chi connectivity index (χ2v) is 4.91. The Kier molecular flexibility index (Phi) is 4.16. The summed E-state index contributed by atoms with van der Waals surface area (Å²) in [6, 6.07) is 11.5. The minimum absolute atomic E-state index is 0.531. The highest BCUT2D eigenvalue weighted by atomic mass is 32.1. The van der Waals surface area contributed by atoms with Crippen molar-refractivity contribution in [1.82, 2.24) is 10.3 Å². The number of fused-ring (bicyclic) bond motifs is 1. The zero-order chi connectivity index (χ0) is 14.5. The van der Waals surface area contributed by atoms with Crippen molar-refractivity contribution < 1.29 is 9.47 Å². The third kappa shape index (κ3) is 3.61. The maximum absolute atomic E-state index is 5.56. The summed E-state index contributed by atoms with van der Waals surface area (Å²) >= 11 is 5.24. The molecule has 1 aliphatic heterocycles. The van der Waals surface area contributed by atoms with E-state index in [1.54, 1.807) is 6.20 Å². The first kappa shape index (κ1) is 13.6. The lowest BCUT2D eigenvalue weighted by Gasteiger charge is -2.19. The van der Waals surface area contributed by atoms with Gasteiger partial charge < -0.3 is 20.1 Å². The molecule has 0 amide bonds. The number of rotatable bonds is 3. The van der Waals surface area contributed by atoms with E-state index in [4.69, 9.17) is 21.7 Å². The van der Waals surface area contributed by atoms with Gasteiger partial charge in [0.2, 0.25) is 0 Å². The molecule has 1 aromatic heterocycles. The van der Waals surface area contributed by atoms with Gasteiger partial charge in [-0.15, -0.1) is 0 Å². The van der Waals surface area contributed by atoms with Crippen LogP contribution in [0.15, 0.2) is 42.6 Å². The predicted molar refractivity (Wildman–Crippen MR) is 84.7 cm³/mol. The fraction of sp³-hybridized carbons (Fsp3) is 0.200. The summed E-state index contributed by atoms with van der Waals surface area (Å²) in [5, 5.41) is 6.70. The zero-order valence-corrected chi connectivity index (χ0v) is 12.2. The largest absolute Gasteiger partial charge is 0.486 e. The van der Waals surface area contributed by atoms with Gasteiger partial charge in [-0.25, -0.2) is 4.98 Å². The molecule has 0 saturated heterocycles. The molecule has 2 heterocycles. The van der Waals surface area contributed by atoms with E-state index < -0.39 is 0 Å². The molecule has 0 radical (unpaired) electrons. The molecule has 6 heteroatoms. The van der Waals surface area contributed by atoms with E-state index in [9.17, 15) is 0 Å². The molecule has 2 aromatic rings. The van der Waals surface area contributed by atoms with Gasteiger partial charge in [-0.1, -0.05) is 12.1 Å². The average molecular weight is 301 g/mol. The molecule has 1 aliphatic rings. The standard InChI is InChI=1S/C15H15N3O2S/c21-15(18-14-3-1-2-6-16-14)17-10-11-4-5-12-13(9-11)20-8-7-19-12/h1-6,9H,7-8,10H2,(H2,16,17,18,21). The Hall–Kier alpha value is -2.34. The summed E-state index contributed by atoms with van der Waals surface area (Å²) < 4.78 is 11.0. The van der Waals surface area contributed by atoms with E-state index in [1.165, 1.54) is 0 Å². The summed E-state index contributed by atoms with van der Waals surface area (Å²) in [7, 11) is 0. The van der Waals surface area contributed by atoms with Crippen LogP contribution in [-0.4, -0.2) is 23.3 Å². The number of nitrogens with zero attached hydrogens (tertiary/aromatic N) is 1. The summed E-state index contributed by atoms with van der Waals surface area (Å²) in [6.45, 7) is 1.79. The second-order valence-electron chi connectivity index (χ2n) is 4.50. The second kappa shape index (κ2) is 6.41. The van der Waals surface area contributed by atoms with Crippen LogP contribution in [-0.2, 0) is 6.54 Å². The number of nitrogens with one attached hydrogen (secondary N) is 2. The first-order valence-electron chi connectivity index (χ1n) is 6.66. The van der Waals surface area contributed by atoms with Crippen molar-refractivity contribution in [2.45, 2.75) is 6.54 Å². The molecule has 0 aliphatic carbocycles. The average Bonchev–Trinajstić information content (AvgIpc) is 2.54. The van der Waals surface area contributed by atoms with E-state index in [0.29, 0.717) is 24.9 Å². The summed E-state index contributed by atoms with van der Waals surface area (Å²) in [6.07, 6.45) is 1.71. The van der Waals surface area contributed by atoms with Crippen LogP contribution in [0.3, 0.4) is 0 Å². The molecule has 0 fully saturated rings. The smallest absolute Gasteiger partial charge is 0.172 e. The minimum atomic E-state index is 0.531. The highest BCUT2D eigenvalue weighted by Gasteiger charge is 2.11. The quantitative estimate of drug-likeness (QED) is 0.849. The number of pyridine rings is 1. The van der Waals surface area contributed by atoms with Gasteiger partial charge in [-0.3, -0.25) is 0 Å². The zero-order valence-electron chi connectivity index (χ0n) is 11.3. The molecular weight excluding hydrogens is 286 g/mol. The van der Waals surface area contributed by atoms with Crippen LogP contribution in [0.4, 0.5) is 5.82 Å². The van der Waals surface area contributed by atoms with Gasteiger partial charge in [0, 0.05) is 12.7 Å². The van der Waals surface area contributed by atoms with Crippen LogP contribution < -0.4 is 20.1 Å². The van der Waals surface area contributed by atoms with Crippen LogP contribution in [0.2, 0.25) is 0 Å². The van der Waals surface area contributed by atoms with Crippen molar-refractivity contribution in [3.05, 3.63) is 48.2 Å². The van der Waals surface area contributed by atoms with Crippen LogP contribution in [0.5, 0.6) is 11.5 Å². The third-order valence-electron chi connectivity index (χ3n) is 2.97. The van der Waals surface area contributed by atoms with Crippen molar-refractivity contribution in [3.8, 4) is 11.5 Å². The number of benzene rings is 1. The molecule has 2 N–H and O–H groups in total. The van der Waals surface area contributed by atoms with E-state index in [1.807, 2.05) is 36.4 Å². The maximum atomic E-state index is 5.56. The Balaban J connectivity index is 1.56. The molecule has 108 valence electrons. The molecular formula is C15H15N3O2S. The van der Waals surface area contributed by atoms with Gasteiger partial charge in [0.15, 0.2) is 16.6 Å². The molecule has 0 atom stereocenters. The Morgan fingerprint density at radius 3 is 2.81 bits per heavy atom. The van der Waals surface area contributed by atoms with E-state index >= 15 is 0 Å². The topological polar surface area (TPSA) is 55.4 Å². The molecule has 1 aromatic carbocycles. The molecule has 3 rings (SSSR count). The third-order valence-corrected chi connectivity index (χ3v) is 3.21. The Morgan fingerprint density at radius 1 is 1.14 bits per heavy atom. The maximum Gasteiger partial charge on any atom is 0.172 e. The number of aromatic nitrogens is 1. The molecule has 0 bridgehead atoms. The van der Waals surface area contributed by atoms with Gasteiger partial charge in [0.25, 0.3) is 0 Å². The first-order valence-corrected chi connectivity index (χ1v) is 7.06. The van der Waals surface area contributed by atoms with Gasteiger partial charge in [-0.05, 0) is 42.0 Å². The lowest BCUT2D eigenvalue weighted by atomic mass is 10.2. The van der Waals surface area contributed by atoms with Crippen LogP contribution in [0.1, 0.15) is 5.56 Å². The number of ether oxygens (including phenoxy) is 2. The van der Waals surface area contributed by atoms with Gasteiger partial charge in [0.1, 0.15) is 19.0 Å². The molecule has 0 spiro atoms. The van der Waals surface area contributed by atoms with Crippen molar-refractivity contribution in [1.29, 1.82) is 0 Å². The van der Waals surface area contributed by atoms with E-state index in [-0.39, 0.29) is 0 Å². The lowest BCUT2D eigenvalue weighted by Crippen LogP contribution is -2.28. The predicted octanol–water partition coefficient (Wildman–Crippen LogP) is 2.34. The SMILES string of the molecule is S=C(NCc1ccc2c(c1)OCCO2)Nc1ccccn1. The van der Waals surface area contributed by atoms with Crippen molar-refractivity contribution in [3.63, 3.8) is 0 Å². The van der Waals surface area contributed by atoms with Crippen molar-refractivity contribution in [2.75, 3.05) is 18.5 Å². The number of anilines is 1. The first-order chi connectivity index (χ1) is 10.3. The fourth-order valence-electron chi connectivity index (χ4n) is 1.98. The minimum Gasteiger partial charge on any atom is -0.486 e. The highest BCUT2D eigenvalue weighted by molar-refractivity contribution is 7.80. The Bertz CT molecular complexity index is 634. The van der Waals surface area contributed by atoms with Gasteiger partial charge >= 0.3 is 0 Å². The Morgan fingerprint density at radius 2 is 2.00 bits per heavy atom. The van der Waals surface area contributed by atoms with Crippen molar-refractivity contribution >= 4 is 23.1 Å². The number of hydrogen-bond acceptors (Lipinski definition) is 4. The Labute approximate surface area is 128 Å². The van der Waals surface area contributed by atoms with Crippen LogP contribution in [0.25, 0.3) is 0 Å².